The molecule has 0 unspecified atom stereocenters. The van der Waals surface area contributed by atoms with Crippen LogP contribution in [0.15, 0.2) is 18.3 Å². The van der Waals surface area contributed by atoms with Gasteiger partial charge in [-0.05, 0) is 42.7 Å². The summed E-state index contributed by atoms with van der Waals surface area (Å²) < 4.78 is 0. The van der Waals surface area contributed by atoms with Crippen molar-refractivity contribution in [3.05, 3.63) is 29.6 Å². The van der Waals surface area contributed by atoms with Crippen LogP contribution < -0.4 is 0 Å². The summed E-state index contributed by atoms with van der Waals surface area (Å²) in [6, 6.07) is 4.31. The van der Waals surface area contributed by atoms with Gasteiger partial charge in [0.2, 0.25) is 0 Å². The zero-order valence-electron chi connectivity index (χ0n) is 8.09. The lowest BCUT2D eigenvalue weighted by Gasteiger charge is -2.30. The predicted molar refractivity (Wildman–Crippen MR) is 52.6 cm³/mol. The van der Waals surface area contributed by atoms with Gasteiger partial charge in [-0.2, -0.15) is 0 Å². The average molecular weight is 173 g/mol. The second-order valence-electron chi connectivity index (χ2n) is 4.63. The van der Waals surface area contributed by atoms with E-state index in [1.807, 2.05) is 6.20 Å². The summed E-state index contributed by atoms with van der Waals surface area (Å²) >= 11 is 0. The molecule has 1 saturated carbocycles. The van der Waals surface area contributed by atoms with Crippen molar-refractivity contribution in [3.63, 3.8) is 0 Å². The molecule has 1 aromatic rings. The standard InChI is InChI=1S/C12H15N/c1-9-11-10(3-2-8-13-11)4-5-12(9)6-7-12/h2-3,8-9H,4-7H2,1H3/t9-/m1/s1. The molecule has 0 radical (unpaired) electrons. The number of hydrogen-bond acceptors (Lipinski definition) is 1. The number of aromatic nitrogens is 1. The summed E-state index contributed by atoms with van der Waals surface area (Å²) in [4.78, 5) is 4.54. The molecule has 0 amide bonds. The van der Waals surface area contributed by atoms with E-state index in [9.17, 15) is 0 Å². The fourth-order valence-electron chi connectivity index (χ4n) is 2.79. The largest absolute Gasteiger partial charge is 0.261 e. The van der Waals surface area contributed by atoms with Gasteiger partial charge in [0.1, 0.15) is 0 Å². The first kappa shape index (κ1) is 7.54. The molecule has 3 rings (SSSR count). The van der Waals surface area contributed by atoms with Gasteiger partial charge in [-0.25, -0.2) is 0 Å². The van der Waals surface area contributed by atoms with E-state index in [2.05, 4.69) is 24.0 Å². The normalized spacial score (nSPS) is 28.5. The average Bonchev–Trinajstić information content (AvgIpc) is 2.94. The monoisotopic (exact) mass is 173 g/mol. The Labute approximate surface area is 79.2 Å². The Bertz CT molecular complexity index is 339. The summed E-state index contributed by atoms with van der Waals surface area (Å²) in [5.74, 6) is 0.706. The van der Waals surface area contributed by atoms with Crippen molar-refractivity contribution >= 4 is 0 Å². The highest BCUT2D eigenvalue weighted by molar-refractivity contribution is 5.30. The Kier molecular flexibility index (Phi) is 1.36. The molecule has 0 N–H and O–H groups in total. The van der Waals surface area contributed by atoms with Crippen LogP contribution in [-0.4, -0.2) is 4.98 Å². The van der Waals surface area contributed by atoms with Gasteiger partial charge in [-0.3, -0.25) is 4.98 Å². The van der Waals surface area contributed by atoms with Crippen LogP contribution in [0.3, 0.4) is 0 Å². The number of nitrogens with zero attached hydrogens (tertiary/aromatic N) is 1. The Balaban J connectivity index is 2.08. The maximum Gasteiger partial charge on any atom is 0.0469 e. The van der Waals surface area contributed by atoms with Gasteiger partial charge in [0.15, 0.2) is 0 Å². The molecule has 1 fully saturated rings. The summed E-state index contributed by atoms with van der Waals surface area (Å²) in [6.07, 6.45) is 7.46. The van der Waals surface area contributed by atoms with Crippen LogP contribution in [0.4, 0.5) is 0 Å². The fourth-order valence-corrected chi connectivity index (χ4v) is 2.79. The highest BCUT2D eigenvalue weighted by Gasteiger charge is 2.50. The Morgan fingerprint density at radius 1 is 1.38 bits per heavy atom. The zero-order valence-corrected chi connectivity index (χ0v) is 8.09. The van der Waals surface area contributed by atoms with Crippen LogP contribution in [0.1, 0.15) is 43.4 Å². The molecular formula is C12H15N. The summed E-state index contributed by atoms with van der Waals surface area (Å²) in [7, 11) is 0. The van der Waals surface area contributed by atoms with Gasteiger partial charge in [-0.15, -0.1) is 0 Å². The molecule has 68 valence electrons. The highest BCUT2D eigenvalue weighted by atomic mass is 14.7. The molecule has 1 heterocycles. The molecule has 1 nitrogen and oxygen atoms in total. The van der Waals surface area contributed by atoms with E-state index in [1.165, 1.54) is 36.9 Å². The van der Waals surface area contributed by atoms with Crippen molar-refractivity contribution in [2.75, 3.05) is 0 Å². The van der Waals surface area contributed by atoms with Crippen LogP contribution in [-0.2, 0) is 6.42 Å². The first-order valence-corrected chi connectivity index (χ1v) is 5.26. The maximum atomic E-state index is 4.54. The van der Waals surface area contributed by atoms with Crippen LogP contribution >= 0.6 is 0 Å². The van der Waals surface area contributed by atoms with Crippen molar-refractivity contribution in [3.8, 4) is 0 Å². The Hall–Kier alpha value is -0.850. The molecule has 2 aliphatic rings. The van der Waals surface area contributed by atoms with Gasteiger partial charge in [0, 0.05) is 17.8 Å². The number of fused-ring (bicyclic) bond motifs is 1. The molecule has 2 aliphatic carbocycles. The van der Waals surface area contributed by atoms with E-state index in [0.717, 1.165) is 0 Å². The minimum absolute atomic E-state index is 0.668. The SMILES string of the molecule is C[C@@H]1c2ncccc2CCC12CC2. The number of hydrogen-bond donors (Lipinski definition) is 0. The second-order valence-corrected chi connectivity index (χ2v) is 4.63. The molecule has 0 saturated heterocycles. The third kappa shape index (κ3) is 0.962. The lowest BCUT2D eigenvalue weighted by Crippen LogP contribution is -2.20. The number of rotatable bonds is 0. The van der Waals surface area contributed by atoms with Crippen LogP contribution in [0.25, 0.3) is 0 Å². The van der Waals surface area contributed by atoms with Crippen molar-refractivity contribution in [1.29, 1.82) is 0 Å². The summed E-state index contributed by atoms with van der Waals surface area (Å²) in [5.41, 5.74) is 3.54. The smallest absolute Gasteiger partial charge is 0.0469 e. The molecule has 13 heavy (non-hydrogen) atoms. The van der Waals surface area contributed by atoms with Gasteiger partial charge in [-0.1, -0.05) is 13.0 Å². The first-order valence-electron chi connectivity index (χ1n) is 5.26. The molecule has 0 aliphatic heterocycles. The molecule has 1 spiro atoms. The molecular weight excluding hydrogens is 158 g/mol. The Morgan fingerprint density at radius 3 is 3.00 bits per heavy atom. The minimum Gasteiger partial charge on any atom is -0.261 e. The molecule has 0 aromatic carbocycles. The second kappa shape index (κ2) is 2.34. The first-order chi connectivity index (χ1) is 6.32. The van der Waals surface area contributed by atoms with Crippen LogP contribution in [0.5, 0.6) is 0 Å². The highest BCUT2D eigenvalue weighted by Crippen LogP contribution is 2.61. The molecule has 0 bridgehead atoms. The van der Waals surface area contributed by atoms with Gasteiger partial charge in [0.05, 0.1) is 0 Å². The van der Waals surface area contributed by atoms with E-state index in [1.54, 1.807) is 0 Å². The fraction of sp³-hybridized carbons (Fsp3) is 0.583. The van der Waals surface area contributed by atoms with Crippen molar-refractivity contribution in [2.24, 2.45) is 5.41 Å². The predicted octanol–water partition coefficient (Wildman–Crippen LogP) is 2.91. The Morgan fingerprint density at radius 2 is 2.23 bits per heavy atom. The van der Waals surface area contributed by atoms with Crippen LogP contribution in [0.2, 0.25) is 0 Å². The van der Waals surface area contributed by atoms with Gasteiger partial charge < -0.3 is 0 Å². The molecule has 1 atom stereocenters. The van der Waals surface area contributed by atoms with Crippen molar-refractivity contribution in [1.82, 2.24) is 4.98 Å². The zero-order chi connectivity index (χ0) is 8.89. The van der Waals surface area contributed by atoms with E-state index >= 15 is 0 Å². The topological polar surface area (TPSA) is 12.9 Å². The van der Waals surface area contributed by atoms with E-state index in [-0.39, 0.29) is 0 Å². The maximum absolute atomic E-state index is 4.54. The van der Waals surface area contributed by atoms with E-state index in [0.29, 0.717) is 11.3 Å². The number of pyridine rings is 1. The quantitative estimate of drug-likeness (QED) is 0.588. The third-order valence-corrected chi connectivity index (χ3v) is 4.04. The van der Waals surface area contributed by atoms with Crippen LogP contribution in [0, 0.1) is 5.41 Å². The molecule has 1 heteroatoms. The minimum atomic E-state index is 0.668. The lowest BCUT2D eigenvalue weighted by molar-refractivity contribution is 0.359. The van der Waals surface area contributed by atoms with E-state index < -0.39 is 0 Å². The molecule has 1 aromatic heterocycles. The summed E-state index contributed by atoms with van der Waals surface area (Å²) in [5, 5.41) is 0. The van der Waals surface area contributed by atoms with Crippen molar-refractivity contribution in [2.45, 2.75) is 38.5 Å². The lowest BCUT2D eigenvalue weighted by atomic mass is 9.76. The van der Waals surface area contributed by atoms with Gasteiger partial charge >= 0.3 is 0 Å². The third-order valence-electron chi connectivity index (χ3n) is 4.04. The number of aryl methyl sites for hydroxylation is 1. The van der Waals surface area contributed by atoms with Crippen molar-refractivity contribution < 1.29 is 0 Å². The van der Waals surface area contributed by atoms with Gasteiger partial charge in [0.25, 0.3) is 0 Å². The van der Waals surface area contributed by atoms with E-state index in [4.69, 9.17) is 0 Å². The summed E-state index contributed by atoms with van der Waals surface area (Å²) in [6.45, 7) is 2.36.